The highest BCUT2D eigenvalue weighted by atomic mass is 16.4. The van der Waals surface area contributed by atoms with E-state index in [1.807, 2.05) is 4.90 Å². The van der Waals surface area contributed by atoms with Crippen LogP contribution < -0.4 is 5.32 Å². The van der Waals surface area contributed by atoms with E-state index in [4.69, 9.17) is 5.11 Å². The van der Waals surface area contributed by atoms with Crippen molar-refractivity contribution in [1.29, 1.82) is 0 Å². The minimum atomic E-state index is -0.749. The summed E-state index contributed by atoms with van der Waals surface area (Å²) in [5.74, 6) is -0.0571. The van der Waals surface area contributed by atoms with Gasteiger partial charge in [-0.25, -0.2) is 4.79 Å². The van der Waals surface area contributed by atoms with Crippen LogP contribution in [0.4, 0.5) is 4.79 Å². The number of piperidine rings is 1. The molecule has 1 rings (SSSR count). The molecule has 2 N–H and O–H groups in total. The summed E-state index contributed by atoms with van der Waals surface area (Å²) in [6.07, 6.45) is 4.75. The van der Waals surface area contributed by atoms with E-state index < -0.39 is 5.97 Å². The molecule has 1 aliphatic rings. The number of carbonyl (C=O) groups excluding carboxylic acids is 1. The van der Waals surface area contributed by atoms with E-state index >= 15 is 0 Å². The van der Waals surface area contributed by atoms with Gasteiger partial charge in [0.15, 0.2) is 0 Å². The Morgan fingerprint density at radius 3 is 2.29 bits per heavy atom. The van der Waals surface area contributed by atoms with Crippen LogP contribution >= 0.6 is 0 Å². The summed E-state index contributed by atoms with van der Waals surface area (Å²) >= 11 is 0. The van der Waals surface area contributed by atoms with Crippen molar-refractivity contribution in [2.75, 3.05) is 19.6 Å². The van der Waals surface area contributed by atoms with Crippen molar-refractivity contribution in [3.05, 3.63) is 0 Å². The molecule has 2 amide bonds. The van der Waals surface area contributed by atoms with Crippen LogP contribution in [0.15, 0.2) is 0 Å². The molecule has 1 heterocycles. The zero-order valence-corrected chi connectivity index (χ0v) is 13.7. The zero-order chi connectivity index (χ0) is 15.9. The lowest BCUT2D eigenvalue weighted by atomic mass is 9.75. The molecule has 0 atom stereocenters. The second-order valence-corrected chi connectivity index (χ2v) is 7.06. The summed E-state index contributed by atoms with van der Waals surface area (Å²) in [6, 6.07) is 0.0283. The van der Waals surface area contributed by atoms with E-state index in [-0.39, 0.29) is 12.5 Å². The minimum Gasteiger partial charge on any atom is -0.481 e. The molecule has 0 saturated carbocycles. The van der Waals surface area contributed by atoms with Crippen LogP contribution in [0.25, 0.3) is 0 Å². The topological polar surface area (TPSA) is 69.6 Å². The van der Waals surface area contributed by atoms with Gasteiger partial charge in [0.05, 0.1) is 0 Å². The fourth-order valence-electron chi connectivity index (χ4n) is 2.83. The van der Waals surface area contributed by atoms with Crippen LogP contribution in [0, 0.1) is 11.3 Å². The fraction of sp³-hybridized carbons (Fsp3) is 0.875. The number of carboxylic acid groups (broad SMARTS) is 1. The van der Waals surface area contributed by atoms with Crippen LogP contribution in [-0.4, -0.2) is 41.6 Å². The van der Waals surface area contributed by atoms with Gasteiger partial charge >= 0.3 is 12.0 Å². The van der Waals surface area contributed by atoms with Gasteiger partial charge in [-0.1, -0.05) is 27.2 Å². The Bertz CT molecular complexity index is 342. The van der Waals surface area contributed by atoms with E-state index in [0.29, 0.717) is 24.3 Å². The molecule has 0 aromatic carbocycles. The Morgan fingerprint density at radius 2 is 1.76 bits per heavy atom. The Labute approximate surface area is 128 Å². The molecule has 0 radical (unpaired) electrons. The Hall–Kier alpha value is -1.26. The Balaban J connectivity index is 2.13. The number of carbonyl (C=O) groups is 2. The highest BCUT2D eigenvalue weighted by Gasteiger charge is 2.30. The number of nitrogens with one attached hydrogen (secondary N) is 1. The van der Waals surface area contributed by atoms with Crippen LogP contribution in [0.5, 0.6) is 0 Å². The van der Waals surface area contributed by atoms with Crippen LogP contribution in [0.2, 0.25) is 0 Å². The van der Waals surface area contributed by atoms with Gasteiger partial charge in [-0.2, -0.15) is 0 Å². The molecule has 122 valence electrons. The maximum atomic E-state index is 12.0. The van der Waals surface area contributed by atoms with Crippen molar-refractivity contribution in [1.82, 2.24) is 10.2 Å². The molecule has 0 aliphatic carbocycles. The largest absolute Gasteiger partial charge is 0.481 e. The summed E-state index contributed by atoms with van der Waals surface area (Å²) in [7, 11) is 0. The normalized spacial score (nSPS) is 16.8. The number of amides is 2. The first-order chi connectivity index (χ1) is 9.80. The summed E-state index contributed by atoms with van der Waals surface area (Å²) in [6.45, 7) is 9.12. The molecule has 5 heteroatoms. The predicted octanol–water partition coefficient (Wildman–Crippen LogP) is 3.10. The number of unbranched alkanes of at least 4 members (excludes halogenated alkanes) is 2. The molecule has 0 unspecified atom stereocenters. The van der Waals surface area contributed by atoms with E-state index in [1.165, 1.54) is 0 Å². The average molecular weight is 298 g/mol. The number of hydrogen-bond acceptors (Lipinski definition) is 2. The van der Waals surface area contributed by atoms with Gasteiger partial charge in [-0.3, -0.25) is 4.79 Å². The van der Waals surface area contributed by atoms with Crippen molar-refractivity contribution in [3.63, 3.8) is 0 Å². The highest BCUT2D eigenvalue weighted by Crippen LogP contribution is 2.34. The SMILES string of the molecule is CC(C)(C)C1CCN(C(=O)NCCCCCC(=O)O)CC1. The highest BCUT2D eigenvalue weighted by molar-refractivity contribution is 5.74. The Kier molecular flexibility index (Phi) is 6.99. The van der Waals surface area contributed by atoms with Crippen molar-refractivity contribution in [3.8, 4) is 0 Å². The number of urea groups is 1. The molecule has 0 aromatic rings. The lowest BCUT2D eigenvalue weighted by molar-refractivity contribution is -0.137. The van der Waals surface area contributed by atoms with Gasteiger partial charge in [0.1, 0.15) is 0 Å². The van der Waals surface area contributed by atoms with Gasteiger partial charge in [0.25, 0.3) is 0 Å². The maximum Gasteiger partial charge on any atom is 0.317 e. The molecule has 0 aromatic heterocycles. The van der Waals surface area contributed by atoms with Crippen LogP contribution in [0.3, 0.4) is 0 Å². The third-order valence-corrected chi connectivity index (χ3v) is 4.35. The van der Waals surface area contributed by atoms with Gasteiger partial charge < -0.3 is 15.3 Å². The quantitative estimate of drug-likeness (QED) is 0.740. The molecule has 5 nitrogen and oxygen atoms in total. The second kappa shape index (κ2) is 8.25. The first kappa shape index (κ1) is 17.8. The number of nitrogens with zero attached hydrogens (tertiary/aromatic N) is 1. The van der Waals surface area contributed by atoms with Crippen molar-refractivity contribution in [2.24, 2.45) is 11.3 Å². The summed E-state index contributed by atoms with van der Waals surface area (Å²) in [5, 5.41) is 11.5. The number of hydrogen-bond donors (Lipinski definition) is 2. The third-order valence-electron chi connectivity index (χ3n) is 4.35. The number of rotatable bonds is 6. The molecule has 1 aliphatic heterocycles. The van der Waals surface area contributed by atoms with E-state index in [1.54, 1.807) is 0 Å². The van der Waals surface area contributed by atoms with Crippen molar-refractivity contribution in [2.45, 2.75) is 59.3 Å². The van der Waals surface area contributed by atoms with Gasteiger partial charge in [-0.05, 0) is 37.0 Å². The van der Waals surface area contributed by atoms with Crippen molar-refractivity contribution >= 4 is 12.0 Å². The number of likely N-dealkylation sites (tertiary alicyclic amines) is 1. The van der Waals surface area contributed by atoms with Crippen LogP contribution in [-0.2, 0) is 4.79 Å². The van der Waals surface area contributed by atoms with E-state index in [9.17, 15) is 9.59 Å². The molecule has 0 spiro atoms. The molecular formula is C16H30N2O3. The lowest BCUT2D eigenvalue weighted by Crippen LogP contribution is -2.46. The smallest absolute Gasteiger partial charge is 0.317 e. The standard InChI is InChI=1S/C16H30N2O3/c1-16(2,3)13-8-11-18(12-9-13)15(21)17-10-6-4-5-7-14(19)20/h13H,4-12H2,1-3H3,(H,17,21)(H,19,20). The van der Waals surface area contributed by atoms with E-state index in [2.05, 4.69) is 26.1 Å². The minimum absolute atomic E-state index is 0.0283. The summed E-state index contributed by atoms with van der Waals surface area (Å²) in [5.41, 5.74) is 0.326. The number of carboxylic acids is 1. The molecule has 0 bridgehead atoms. The van der Waals surface area contributed by atoms with Crippen LogP contribution in [0.1, 0.15) is 59.3 Å². The average Bonchev–Trinajstić information content (AvgIpc) is 2.41. The lowest BCUT2D eigenvalue weighted by Gasteiger charge is -2.38. The first-order valence-corrected chi connectivity index (χ1v) is 8.05. The Morgan fingerprint density at radius 1 is 1.14 bits per heavy atom. The maximum absolute atomic E-state index is 12.0. The molecular weight excluding hydrogens is 268 g/mol. The predicted molar refractivity (Wildman–Crippen MR) is 83.3 cm³/mol. The third kappa shape index (κ3) is 6.82. The van der Waals surface area contributed by atoms with E-state index in [0.717, 1.165) is 38.8 Å². The first-order valence-electron chi connectivity index (χ1n) is 8.05. The molecule has 21 heavy (non-hydrogen) atoms. The van der Waals surface area contributed by atoms with Crippen molar-refractivity contribution < 1.29 is 14.7 Å². The van der Waals surface area contributed by atoms with Gasteiger partial charge in [-0.15, -0.1) is 0 Å². The second-order valence-electron chi connectivity index (χ2n) is 7.06. The summed E-state index contributed by atoms with van der Waals surface area (Å²) < 4.78 is 0. The fourth-order valence-corrected chi connectivity index (χ4v) is 2.83. The zero-order valence-electron chi connectivity index (χ0n) is 13.7. The number of aliphatic carboxylic acids is 1. The van der Waals surface area contributed by atoms with Gasteiger partial charge in [0.2, 0.25) is 0 Å². The summed E-state index contributed by atoms with van der Waals surface area (Å²) in [4.78, 5) is 24.3. The molecule has 1 saturated heterocycles. The van der Waals surface area contributed by atoms with Gasteiger partial charge in [0, 0.05) is 26.1 Å². The molecule has 1 fully saturated rings. The monoisotopic (exact) mass is 298 g/mol.